The summed E-state index contributed by atoms with van der Waals surface area (Å²) in [5.74, 6) is -0.00379. The summed E-state index contributed by atoms with van der Waals surface area (Å²) in [6.45, 7) is 9.83. The number of amides is 1. The monoisotopic (exact) mass is 248 g/mol. The van der Waals surface area contributed by atoms with Crippen LogP contribution in [-0.2, 0) is 4.79 Å². The van der Waals surface area contributed by atoms with Gasteiger partial charge in [-0.1, -0.05) is 23.8 Å². The molecule has 0 radical (unpaired) electrons. The van der Waals surface area contributed by atoms with Gasteiger partial charge in [0, 0.05) is 12.0 Å². The Labute approximate surface area is 110 Å². The molecule has 0 spiro atoms. The third-order valence-corrected chi connectivity index (χ3v) is 2.89. The molecule has 1 aromatic rings. The minimum atomic E-state index is -0.467. The van der Waals surface area contributed by atoms with Gasteiger partial charge in [-0.2, -0.15) is 0 Å². The van der Waals surface area contributed by atoms with E-state index in [2.05, 4.69) is 37.4 Å². The SMILES string of the molecule is Cc1ccc(C)c(C(C)NC(=O)CC(C)(C)N)c1. The van der Waals surface area contributed by atoms with E-state index in [1.165, 1.54) is 11.1 Å². The van der Waals surface area contributed by atoms with Crippen molar-refractivity contribution >= 4 is 5.91 Å². The maximum atomic E-state index is 11.8. The molecule has 1 rings (SSSR count). The minimum absolute atomic E-state index is 0.00379. The predicted molar refractivity (Wildman–Crippen MR) is 75.4 cm³/mol. The maximum absolute atomic E-state index is 11.8. The molecule has 1 amide bonds. The molecule has 1 atom stereocenters. The van der Waals surface area contributed by atoms with Crippen LogP contribution in [-0.4, -0.2) is 11.4 Å². The average Bonchev–Trinajstić information content (AvgIpc) is 2.18. The van der Waals surface area contributed by atoms with Crippen molar-refractivity contribution < 1.29 is 4.79 Å². The molecule has 0 aliphatic rings. The highest BCUT2D eigenvalue weighted by Crippen LogP contribution is 2.19. The predicted octanol–water partition coefficient (Wildman–Crippen LogP) is 2.61. The standard InChI is InChI=1S/C15H24N2O/c1-10-6-7-11(2)13(8-10)12(3)17-14(18)9-15(4,5)16/h6-8,12H,9,16H2,1-5H3,(H,17,18). The van der Waals surface area contributed by atoms with Crippen LogP contribution in [0.1, 0.15) is 49.9 Å². The van der Waals surface area contributed by atoms with Crippen molar-refractivity contribution in [2.75, 3.05) is 0 Å². The number of benzene rings is 1. The number of aryl methyl sites for hydroxylation is 2. The Hall–Kier alpha value is -1.35. The Balaban J connectivity index is 2.73. The van der Waals surface area contributed by atoms with Gasteiger partial charge in [-0.15, -0.1) is 0 Å². The lowest BCUT2D eigenvalue weighted by molar-refractivity contribution is -0.122. The van der Waals surface area contributed by atoms with E-state index in [0.717, 1.165) is 5.56 Å². The lowest BCUT2D eigenvalue weighted by Crippen LogP contribution is -2.39. The molecular formula is C15H24N2O. The van der Waals surface area contributed by atoms with Gasteiger partial charge in [0.15, 0.2) is 0 Å². The second kappa shape index (κ2) is 5.53. The van der Waals surface area contributed by atoms with Crippen molar-refractivity contribution in [1.29, 1.82) is 0 Å². The summed E-state index contributed by atoms with van der Waals surface area (Å²) >= 11 is 0. The Morgan fingerprint density at radius 2 is 2.00 bits per heavy atom. The van der Waals surface area contributed by atoms with Crippen molar-refractivity contribution in [2.24, 2.45) is 5.73 Å². The fraction of sp³-hybridized carbons (Fsp3) is 0.533. The van der Waals surface area contributed by atoms with Gasteiger partial charge in [0.2, 0.25) is 5.91 Å². The van der Waals surface area contributed by atoms with E-state index in [-0.39, 0.29) is 11.9 Å². The molecule has 3 N–H and O–H groups in total. The quantitative estimate of drug-likeness (QED) is 0.860. The molecule has 0 bridgehead atoms. The van der Waals surface area contributed by atoms with Gasteiger partial charge in [-0.05, 0) is 45.7 Å². The normalized spacial score (nSPS) is 13.2. The third-order valence-electron chi connectivity index (χ3n) is 2.89. The third kappa shape index (κ3) is 4.49. The lowest BCUT2D eigenvalue weighted by atomic mass is 9.98. The van der Waals surface area contributed by atoms with Crippen molar-refractivity contribution in [3.63, 3.8) is 0 Å². The van der Waals surface area contributed by atoms with Gasteiger partial charge < -0.3 is 11.1 Å². The smallest absolute Gasteiger partial charge is 0.222 e. The largest absolute Gasteiger partial charge is 0.350 e. The zero-order valence-corrected chi connectivity index (χ0v) is 12.0. The van der Waals surface area contributed by atoms with E-state index in [1.54, 1.807) is 0 Å². The highest BCUT2D eigenvalue weighted by atomic mass is 16.1. The molecule has 0 fully saturated rings. The van der Waals surface area contributed by atoms with E-state index in [1.807, 2.05) is 20.8 Å². The van der Waals surface area contributed by atoms with Crippen LogP contribution in [0.5, 0.6) is 0 Å². The van der Waals surface area contributed by atoms with Crippen LogP contribution < -0.4 is 11.1 Å². The topological polar surface area (TPSA) is 55.1 Å². The molecule has 0 aliphatic heterocycles. The van der Waals surface area contributed by atoms with Crippen LogP contribution >= 0.6 is 0 Å². The molecule has 3 heteroatoms. The van der Waals surface area contributed by atoms with Gasteiger partial charge in [0.05, 0.1) is 6.04 Å². The van der Waals surface area contributed by atoms with E-state index in [4.69, 9.17) is 5.73 Å². The highest BCUT2D eigenvalue weighted by Gasteiger charge is 2.18. The second-order valence-corrected chi connectivity index (χ2v) is 5.81. The molecule has 1 unspecified atom stereocenters. The molecule has 3 nitrogen and oxygen atoms in total. The van der Waals surface area contributed by atoms with Crippen molar-refractivity contribution in [3.05, 3.63) is 34.9 Å². The van der Waals surface area contributed by atoms with Gasteiger partial charge in [-0.25, -0.2) is 0 Å². The van der Waals surface area contributed by atoms with Gasteiger partial charge in [-0.3, -0.25) is 4.79 Å². The molecule has 0 saturated carbocycles. The first-order chi connectivity index (χ1) is 8.19. The Morgan fingerprint density at radius 1 is 1.39 bits per heavy atom. The number of hydrogen-bond acceptors (Lipinski definition) is 2. The van der Waals surface area contributed by atoms with Crippen LogP contribution in [0, 0.1) is 13.8 Å². The summed E-state index contributed by atoms with van der Waals surface area (Å²) in [5, 5.41) is 3.00. The van der Waals surface area contributed by atoms with Crippen LogP contribution in [0.3, 0.4) is 0 Å². The number of carbonyl (C=O) groups is 1. The Bertz CT molecular complexity index is 433. The van der Waals surface area contributed by atoms with E-state index in [0.29, 0.717) is 6.42 Å². The van der Waals surface area contributed by atoms with Crippen LogP contribution in [0.15, 0.2) is 18.2 Å². The minimum Gasteiger partial charge on any atom is -0.350 e. The number of nitrogens with one attached hydrogen (secondary N) is 1. The zero-order chi connectivity index (χ0) is 13.9. The summed E-state index contributed by atoms with van der Waals surface area (Å²) < 4.78 is 0. The maximum Gasteiger partial charge on any atom is 0.222 e. The van der Waals surface area contributed by atoms with Gasteiger partial charge >= 0.3 is 0 Å². The molecule has 0 aromatic heterocycles. The van der Waals surface area contributed by atoms with Crippen LogP contribution in [0.25, 0.3) is 0 Å². The van der Waals surface area contributed by atoms with E-state index < -0.39 is 5.54 Å². The summed E-state index contributed by atoms with van der Waals surface area (Å²) in [7, 11) is 0. The van der Waals surface area contributed by atoms with Crippen molar-refractivity contribution in [3.8, 4) is 0 Å². The summed E-state index contributed by atoms with van der Waals surface area (Å²) in [4.78, 5) is 11.8. The first kappa shape index (κ1) is 14.7. The van der Waals surface area contributed by atoms with Crippen LogP contribution in [0.4, 0.5) is 0 Å². The molecule has 0 aliphatic carbocycles. The average molecular weight is 248 g/mol. The van der Waals surface area contributed by atoms with E-state index in [9.17, 15) is 4.79 Å². The molecule has 18 heavy (non-hydrogen) atoms. The molecule has 0 saturated heterocycles. The first-order valence-electron chi connectivity index (χ1n) is 6.34. The van der Waals surface area contributed by atoms with Crippen molar-refractivity contribution in [2.45, 2.75) is 52.6 Å². The fourth-order valence-corrected chi connectivity index (χ4v) is 2.01. The number of nitrogens with two attached hydrogens (primary N) is 1. The van der Waals surface area contributed by atoms with E-state index >= 15 is 0 Å². The molecular weight excluding hydrogens is 224 g/mol. The highest BCUT2D eigenvalue weighted by molar-refractivity contribution is 5.77. The van der Waals surface area contributed by atoms with Gasteiger partial charge in [0.25, 0.3) is 0 Å². The Morgan fingerprint density at radius 3 is 2.56 bits per heavy atom. The Kier molecular flexibility index (Phi) is 4.52. The van der Waals surface area contributed by atoms with Crippen molar-refractivity contribution in [1.82, 2.24) is 5.32 Å². The molecule has 1 aromatic carbocycles. The number of hydrogen-bond donors (Lipinski definition) is 2. The second-order valence-electron chi connectivity index (χ2n) is 5.81. The zero-order valence-electron chi connectivity index (χ0n) is 12.0. The molecule has 0 heterocycles. The summed E-state index contributed by atoms with van der Waals surface area (Å²) in [5.41, 5.74) is 8.94. The van der Waals surface area contributed by atoms with Gasteiger partial charge in [0.1, 0.15) is 0 Å². The number of carbonyl (C=O) groups excluding carboxylic acids is 1. The first-order valence-corrected chi connectivity index (χ1v) is 6.34. The summed E-state index contributed by atoms with van der Waals surface area (Å²) in [6.07, 6.45) is 0.336. The number of rotatable bonds is 4. The lowest BCUT2D eigenvalue weighted by Gasteiger charge is -2.21. The van der Waals surface area contributed by atoms with Crippen LogP contribution in [0.2, 0.25) is 0 Å². The summed E-state index contributed by atoms with van der Waals surface area (Å²) in [6, 6.07) is 6.30. The fourth-order valence-electron chi connectivity index (χ4n) is 2.01. The molecule has 100 valence electrons.